The Morgan fingerprint density at radius 1 is 0.896 bits per heavy atom. The van der Waals surface area contributed by atoms with Gasteiger partial charge >= 0.3 is 6.09 Å². The maximum atomic E-state index is 14.8. The lowest BCUT2D eigenvalue weighted by Gasteiger charge is -2.71. The Balaban J connectivity index is 1.19. The highest BCUT2D eigenvalue weighted by Gasteiger charge is 2.76. The normalized spacial score (nSPS) is 39.0. The summed E-state index contributed by atoms with van der Waals surface area (Å²) < 4.78 is 23.0. The lowest BCUT2D eigenvalue weighted by molar-refractivity contribution is -0.164. The fourth-order valence-electron chi connectivity index (χ4n) is 11.6. The van der Waals surface area contributed by atoms with Crippen LogP contribution in [0.2, 0.25) is 0 Å². The Labute approximate surface area is 283 Å². The Kier molecular flexibility index (Phi) is 6.96. The first-order valence-electron chi connectivity index (χ1n) is 17.5. The molecule has 48 heavy (non-hydrogen) atoms. The monoisotopic (exact) mass is 653 g/mol. The van der Waals surface area contributed by atoms with Crippen LogP contribution in [0, 0.1) is 33.5 Å². The third-order valence-corrected chi connectivity index (χ3v) is 14.1. The smallest absolute Gasteiger partial charge is 0.410 e. The van der Waals surface area contributed by atoms with Gasteiger partial charge in [-0.25, -0.2) is 4.79 Å². The van der Waals surface area contributed by atoms with Crippen LogP contribution in [0.25, 0.3) is 0 Å². The highest BCUT2D eigenvalue weighted by molar-refractivity contribution is 6.10. The number of aliphatic hydroxyl groups excluding tert-OH is 1. The van der Waals surface area contributed by atoms with Gasteiger partial charge in [0.05, 0.1) is 40.5 Å². The van der Waals surface area contributed by atoms with E-state index < -0.39 is 17.1 Å². The number of amides is 1. The second kappa shape index (κ2) is 10.6. The van der Waals surface area contributed by atoms with E-state index in [0.717, 1.165) is 49.7 Å². The summed E-state index contributed by atoms with van der Waals surface area (Å²) in [4.78, 5) is 30.3. The zero-order valence-electron chi connectivity index (χ0n) is 28.7. The molecule has 2 aromatic carbocycles. The first-order chi connectivity index (χ1) is 23.0. The first-order valence-corrected chi connectivity index (χ1v) is 17.5. The van der Waals surface area contributed by atoms with Crippen LogP contribution in [0.1, 0.15) is 74.7 Å². The summed E-state index contributed by atoms with van der Waals surface area (Å²) >= 11 is 0. The van der Waals surface area contributed by atoms with Crippen molar-refractivity contribution in [2.75, 3.05) is 27.9 Å². The number of rotatable bonds is 7. The van der Waals surface area contributed by atoms with Gasteiger partial charge in [-0.05, 0) is 98.6 Å². The number of carbonyl (C=O) groups is 2. The molecular formula is C40H47NO7. The highest BCUT2D eigenvalue weighted by atomic mass is 16.6. The Morgan fingerprint density at radius 3 is 2.31 bits per heavy atom. The van der Waals surface area contributed by atoms with Crippen molar-refractivity contribution in [1.29, 1.82) is 0 Å². The largest absolute Gasteiger partial charge is 0.497 e. The van der Waals surface area contributed by atoms with Crippen LogP contribution in [0.5, 0.6) is 17.2 Å². The molecule has 7 aliphatic rings. The van der Waals surface area contributed by atoms with E-state index in [2.05, 4.69) is 32.1 Å². The number of carbonyl (C=O) groups excluding carboxylic acids is 2. The summed E-state index contributed by atoms with van der Waals surface area (Å²) in [7, 11) is 4.88. The number of aliphatic hydroxyl groups is 1. The van der Waals surface area contributed by atoms with E-state index in [1.54, 1.807) is 21.3 Å². The average molecular weight is 654 g/mol. The predicted molar refractivity (Wildman–Crippen MR) is 180 cm³/mol. The second-order valence-corrected chi connectivity index (χ2v) is 15.7. The molecule has 9 rings (SSSR count). The third-order valence-electron chi connectivity index (χ3n) is 14.1. The van der Waals surface area contributed by atoms with Gasteiger partial charge in [-0.15, -0.1) is 0 Å². The summed E-state index contributed by atoms with van der Waals surface area (Å²) in [5.41, 5.74) is 0.468. The lowest BCUT2D eigenvalue weighted by Crippen LogP contribution is -2.67. The standard InChI is InChI=1S/C40H47NO7/c1-36-15-12-27(42)21-38(36)18-19-40(30(22-38)34(43)25-6-9-28(45-3)10-7-25)32(36)13-16-37(2)33(40)14-17-39(37)24-41(35(44)48-39)23-26-8-11-29(46-4)20-31(26)47-5/h6-11,18-20,22,27,32-33,42H,12-17,21,23-24H2,1-5H3. The Hall–Kier alpha value is -3.78. The maximum absolute atomic E-state index is 14.8. The molecule has 3 saturated carbocycles. The van der Waals surface area contributed by atoms with E-state index in [-0.39, 0.29) is 40.0 Å². The van der Waals surface area contributed by atoms with Gasteiger partial charge in [0.15, 0.2) is 5.78 Å². The lowest BCUT2D eigenvalue weighted by atomic mass is 9.32. The van der Waals surface area contributed by atoms with E-state index >= 15 is 0 Å². The van der Waals surface area contributed by atoms with Gasteiger partial charge in [0.1, 0.15) is 22.8 Å². The van der Waals surface area contributed by atoms with Crippen LogP contribution >= 0.6 is 0 Å². The molecule has 2 aromatic rings. The van der Waals surface area contributed by atoms with Gasteiger partial charge in [-0.3, -0.25) is 9.69 Å². The number of hydrogen-bond acceptors (Lipinski definition) is 7. The van der Waals surface area contributed by atoms with Crippen molar-refractivity contribution in [1.82, 2.24) is 4.90 Å². The molecule has 1 N–H and O–H groups in total. The number of ketones is 1. The van der Waals surface area contributed by atoms with E-state index in [9.17, 15) is 14.7 Å². The van der Waals surface area contributed by atoms with E-state index in [1.807, 2.05) is 47.4 Å². The molecular weight excluding hydrogens is 606 g/mol. The Morgan fingerprint density at radius 2 is 1.58 bits per heavy atom. The molecule has 0 aromatic heterocycles. The minimum Gasteiger partial charge on any atom is -0.497 e. The fraction of sp³-hybridized carbons (Fsp3) is 0.550. The molecule has 8 atom stereocenters. The minimum absolute atomic E-state index is 0.0512. The molecule has 1 heterocycles. The van der Waals surface area contributed by atoms with Gasteiger partial charge in [-0.1, -0.05) is 32.1 Å². The van der Waals surface area contributed by atoms with Crippen molar-refractivity contribution in [2.45, 2.75) is 77.0 Å². The van der Waals surface area contributed by atoms with Crippen molar-refractivity contribution in [3.8, 4) is 17.2 Å². The van der Waals surface area contributed by atoms with Crippen molar-refractivity contribution in [2.24, 2.45) is 33.5 Å². The molecule has 1 aliphatic heterocycles. The van der Waals surface area contributed by atoms with Crippen molar-refractivity contribution >= 4 is 11.9 Å². The molecule has 1 amide bonds. The quantitative estimate of drug-likeness (QED) is 0.251. The molecule has 1 saturated heterocycles. The first kappa shape index (κ1) is 31.5. The highest BCUT2D eigenvalue weighted by Crippen LogP contribution is 2.79. The molecule has 8 unspecified atom stereocenters. The molecule has 254 valence electrons. The number of nitrogens with zero attached hydrogens (tertiary/aromatic N) is 1. The number of benzene rings is 2. The Bertz CT molecular complexity index is 1730. The SMILES string of the molecule is COc1ccc(C(=O)C2=CC34C=CC25C(CCC2(C)C5CCC25CN(Cc2ccc(OC)cc2OC)C(=O)O5)C3(C)CCC(O)C4)cc1. The molecule has 8 nitrogen and oxygen atoms in total. The van der Waals surface area contributed by atoms with Crippen LogP contribution < -0.4 is 14.2 Å². The van der Waals surface area contributed by atoms with Gasteiger partial charge in [0, 0.05) is 39.0 Å². The van der Waals surface area contributed by atoms with Gasteiger partial charge in [0.2, 0.25) is 0 Å². The zero-order valence-corrected chi connectivity index (χ0v) is 28.7. The third kappa shape index (κ3) is 3.98. The number of Topliss-reactive ketones (excluding diaryl/α,β-unsaturated/α-hetero) is 1. The summed E-state index contributed by atoms with van der Waals surface area (Å²) in [6.45, 7) is 5.62. The molecule has 0 radical (unpaired) electrons. The number of hydrogen-bond donors (Lipinski definition) is 1. The fourth-order valence-corrected chi connectivity index (χ4v) is 11.6. The van der Waals surface area contributed by atoms with Crippen LogP contribution in [-0.4, -0.2) is 61.5 Å². The maximum Gasteiger partial charge on any atom is 0.410 e. The summed E-state index contributed by atoms with van der Waals surface area (Å²) in [6.07, 6.45) is 12.1. The zero-order chi connectivity index (χ0) is 33.7. The molecule has 6 aliphatic carbocycles. The van der Waals surface area contributed by atoms with Crippen molar-refractivity contribution in [3.63, 3.8) is 0 Å². The minimum atomic E-state index is -0.661. The van der Waals surface area contributed by atoms with Crippen LogP contribution in [-0.2, 0) is 11.3 Å². The molecule has 2 bridgehead atoms. The average Bonchev–Trinajstić information content (AvgIpc) is 3.58. The van der Waals surface area contributed by atoms with Crippen LogP contribution in [0.4, 0.5) is 4.79 Å². The summed E-state index contributed by atoms with van der Waals surface area (Å²) in [5.74, 6) is 2.49. The van der Waals surface area contributed by atoms with E-state index in [0.29, 0.717) is 42.3 Å². The molecule has 4 fully saturated rings. The van der Waals surface area contributed by atoms with E-state index in [4.69, 9.17) is 18.9 Å². The summed E-state index contributed by atoms with van der Waals surface area (Å²) in [6, 6.07) is 13.1. The van der Waals surface area contributed by atoms with Crippen LogP contribution in [0.3, 0.4) is 0 Å². The molecule has 3 spiro atoms. The second-order valence-electron chi connectivity index (χ2n) is 15.7. The number of methoxy groups -OCH3 is 3. The molecule has 8 heteroatoms. The topological polar surface area (TPSA) is 94.5 Å². The number of ether oxygens (including phenoxy) is 4. The number of fused-ring (bicyclic) bond motifs is 2. The van der Waals surface area contributed by atoms with E-state index in [1.165, 1.54) is 0 Å². The number of allylic oxidation sites excluding steroid dienone is 4. The van der Waals surface area contributed by atoms with Gasteiger partial charge in [0.25, 0.3) is 0 Å². The predicted octanol–water partition coefficient (Wildman–Crippen LogP) is 7.15. The van der Waals surface area contributed by atoms with Crippen molar-refractivity contribution in [3.05, 3.63) is 77.4 Å². The van der Waals surface area contributed by atoms with Crippen LogP contribution in [0.15, 0.2) is 66.3 Å². The van der Waals surface area contributed by atoms with Crippen molar-refractivity contribution < 1.29 is 33.6 Å². The van der Waals surface area contributed by atoms with Gasteiger partial charge < -0.3 is 24.1 Å². The summed E-state index contributed by atoms with van der Waals surface area (Å²) in [5, 5.41) is 11.0. The van der Waals surface area contributed by atoms with Gasteiger partial charge in [-0.2, -0.15) is 0 Å².